The number of hydrogen-bond acceptors (Lipinski definition) is 3. The molecule has 2 amide bonds. The summed E-state index contributed by atoms with van der Waals surface area (Å²) in [5.74, 6) is -2.58. The van der Waals surface area contributed by atoms with Crippen LogP contribution < -0.4 is 4.90 Å². The predicted molar refractivity (Wildman–Crippen MR) is 81.5 cm³/mol. The summed E-state index contributed by atoms with van der Waals surface area (Å²) in [6.07, 6.45) is -3.28. The zero-order valence-corrected chi connectivity index (χ0v) is 13.3. The molecule has 2 bridgehead atoms. The van der Waals surface area contributed by atoms with Crippen molar-refractivity contribution in [3.05, 3.63) is 40.5 Å². The van der Waals surface area contributed by atoms with Crippen molar-refractivity contribution in [1.82, 2.24) is 0 Å². The van der Waals surface area contributed by atoms with Crippen molar-refractivity contribution in [2.45, 2.75) is 32.4 Å². The first-order valence-corrected chi connectivity index (χ1v) is 8.01. The highest BCUT2D eigenvalue weighted by molar-refractivity contribution is 6.31. The molecule has 0 aromatic heterocycles. The van der Waals surface area contributed by atoms with Crippen molar-refractivity contribution < 1.29 is 27.6 Å². The molecule has 4 aliphatic rings. The highest BCUT2D eigenvalue weighted by Crippen LogP contribution is 2.49. The summed E-state index contributed by atoms with van der Waals surface area (Å²) in [6, 6.07) is 3.45. The van der Waals surface area contributed by atoms with Crippen LogP contribution in [-0.4, -0.2) is 17.6 Å². The third-order valence-electron chi connectivity index (χ3n) is 5.42. The average molecular weight is 349 g/mol. The van der Waals surface area contributed by atoms with E-state index in [1.54, 1.807) is 0 Å². The monoisotopic (exact) mass is 349 g/mol. The number of amides is 2. The summed E-state index contributed by atoms with van der Waals surface area (Å²) >= 11 is 0. The fraction of sp³-hybridized carbons (Fsp3) is 0.389. The highest BCUT2D eigenvalue weighted by Gasteiger charge is 2.55. The lowest BCUT2D eigenvalue weighted by Crippen LogP contribution is -2.38. The second kappa shape index (κ2) is 5.03. The van der Waals surface area contributed by atoms with E-state index in [0.717, 1.165) is 11.0 Å². The minimum atomic E-state index is -4.57. The van der Waals surface area contributed by atoms with Crippen LogP contribution in [0.15, 0.2) is 29.3 Å². The van der Waals surface area contributed by atoms with Gasteiger partial charge in [0.1, 0.15) is 5.78 Å². The van der Waals surface area contributed by atoms with Crippen LogP contribution >= 0.6 is 0 Å². The maximum absolute atomic E-state index is 13.1. The molecule has 0 spiro atoms. The number of fused-ring (bicyclic) bond motifs is 2. The van der Waals surface area contributed by atoms with Gasteiger partial charge in [0.25, 0.3) is 5.91 Å². The smallest absolute Gasteiger partial charge is 0.299 e. The predicted octanol–water partition coefficient (Wildman–Crippen LogP) is 3.18. The molecule has 1 heterocycles. The number of ketones is 1. The lowest BCUT2D eigenvalue weighted by Gasteiger charge is -2.33. The summed E-state index contributed by atoms with van der Waals surface area (Å²) in [6.45, 7) is 1.25. The standard InChI is InChI=1S/C18H14F3NO3/c1-8-11(18(19,20)21)3-2-4-12(8)22-16(24)14-9-5-6-10(13(23)7-9)15(14)17(22)25/h2-4,10,15H,5-7H2,1H3. The van der Waals surface area contributed by atoms with E-state index < -0.39 is 35.4 Å². The first-order valence-electron chi connectivity index (χ1n) is 8.01. The van der Waals surface area contributed by atoms with E-state index in [-0.39, 0.29) is 23.5 Å². The maximum atomic E-state index is 13.1. The molecule has 1 aliphatic heterocycles. The third kappa shape index (κ3) is 2.11. The van der Waals surface area contributed by atoms with E-state index in [2.05, 4.69) is 0 Å². The Bertz CT molecular complexity index is 869. The molecule has 4 nitrogen and oxygen atoms in total. The number of alkyl halides is 3. The molecule has 1 aromatic rings. The molecule has 5 rings (SSSR count). The molecule has 0 radical (unpaired) electrons. The fourth-order valence-electron chi connectivity index (χ4n) is 4.26. The summed E-state index contributed by atoms with van der Waals surface area (Å²) in [4.78, 5) is 38.6. The van der Waals surface area contributed by atoms with Crippen LogP contribution in [0.4, 0.5) is 18.9 Å². The molecule has 1 saturated carbocycles. The number of hydrogen-bond donors (Lipinski definition) is 0. The number of carbonyl (C=O) groups is 3. The van der Waals surface area contributed by atoms with Crippen LogP contribution in [0.5, 0.6) is 0 Å². The molecular formula is C18H14F3NO3. The zero-order valence-electron chi connectivity index (χ0n) is 13.3. The quantitative estimate of drug-likeness (QED) is 0.732. The minimum Gasteiger partial charge on any atom is -0.299 e. The van der Waals surface area contributed by atoms with Gasteiger partial charge in [0, 0.05) is 17.9 Å². The molecular weight excluding hydrogens is 335 g/mol. The number of carbonyl (C=O) groups excluding carboxylic acids is 3. The summed E-state index contributed by atoms with van der Waals surface area (Å²) in [5.41, 5.74) is -0.100. The van der Waals surface area contributed by atoms with E-state index in [9.17, 15) is 27.6 Å². The van der Waals surface area contributed by atoms with Crippen LogP contribution in [0.3, 0.4) is 0 Å². The fourth-order valence-corrected chi connectivity index (χ4v) is 4.26. The van der Waals surface area contributed by atoms with Gasteiger partial charge in [0.2, 0.25) is 5.91 Å². The van der Waals surface area contributed by atoms with Crippen LogP contribution in [0.25, 0.3) is 0 Å². The summed E-state index contributed by atoms with van der Waals surface area (Å²) in [7, 11) is 0. The van der Waals surface area contributed by atoms with Gasteiger partial charge in [-0.05, 0) is 37.5 Å². The van der Waals surface area contributed by atoms with Crippen molar-refractivity contribution in [3.63, 3.8) is 0 Å². The highest BCUT2D eigenvalue weighted by atomic mass is 19.4. The van der Waals surface area contributed by atoms with Crippen molar-refractivity contribution in [3.8, 4) is 0 Å². The minimum absolute atomic E-state index is 0.0563. The second-order valence-corrected chi connectivity index (χ2v) is 6.71. The van der Waals surface area contributed by atoms with Gasteiger partial charge in [-0.15, -0.1) is 0 Å². The molecule has 2 fully saturated rings. The zero-order chi connectivity index (χ0) is 18.1. The van der Waals surface area contributed by atoms with Gasteiger partial charge in [-0.1, -0.05) is 11.6 Å². The average Bonchev–Trinajstić information content (AvgIpc) is 2.80. The van der Waals surface area contributed by atoms with Gasteiger partial charge >= 0.3 is 6.18 Å². The SMILES string of the molecule is Cc1c(N2C(=O)C3=C4CCC(C(=O)C4)C3C2=O)cccc1C(F)(F)F. The van der Waals surface area contributed by atoms with Crippen LogP contribution in [0.1, 0.15) is 30.4 Å². The molecule has 130 valence electrons. The Hall–Kier alpha value is -2.44. The topological polar surface area (TPSA) is 54.5 Å². The Labute approximate surface area is 141 Å². The number of allylic oxidation sites excluding steroid dienone is 1. The number of Topliss-reactive ketones (excluding diaryl/α,β-unsaturated/α-hetero) is 1. The van der Waals surface area contributed by atoms with E-state index in [1.807, 2.05) is 0 Å². The third-order valence-corrected chi connectivity index (χ3v) is 5.42. The largest absolute Gasteiger partial charge is 0.416 e. The molecule has 25 heavy (non-hydrogen) atoms. The summed E-state index contributed by atoms with van der Waals surface area (Å²) < 4.78 is 39.4. The van der Waals surface area contributed by atoms with Gasteiger partial charge in [-0.2, -0.15) is 13.2 Å². The van der Waals surface area contributed by atoms with E-state index >= 15 is 0 Å². The Morgan fingerprint density at radius 1 is 1.16 bits per heavy atom. The Kier molecular flexibility index (Phi) is 3.23. The Balaban J connectivity index is 1.85. The van der Waals surface area contributed by atoms with E-state index in [0.29, 0.717) is 24.0 Å². The number of nitrogens with zero attached hydrogens (tertiary/aromatic N) is 1. The van der Waals surface area contributed by atoms with Crippen molar-refractivity contribution in [2.75, 3.05) is 4.90 Å². The van der Waals surface area contributed by atoms with Crippen LogP contribution in [-0.2, 0) is 20.6 Å². The maximum Gasteiger partial charge on any atom is 0.416 e. The van der Waals surface area contributed by atoms with E-state index in [4.69, 9.17) is 0 Å². The van der Waals surface area contributed by atoms with Gasteiger partial charge in [-0.25, -0.2) is 4.90 Å². The molecule has 2 atom stereocenters. The number of rotatable bonds is 1. The molecule has 3 aliphatic carbocycles. The number of halogens is 3. The molecule has 2 unspecified atom stereocenters. The molecule has 1 aromatic carbocycles. The Morgan fingerprint density at radius 3 is 2.52 bits per heavy atom. The van der Waals surface area contributed by atoms with Gasteiger partial charge in [0.15, 0.2) is 0 Å². The Morgan fingerprint density at radius 2 is 1.88 bits per heavy atom. The lowest BCUT2D eigenvalue weighted by atomic mass is 9.67. The first kappa shape index (κ1) is 16.1. The van der Waals surface area contributed by atoms with Crippen molar-refractivity contribution >= 4 is 23.3 Å². The lowest BCUT2D eigenvalue weighted by molar-refractivity contribution is -0.138. The van der Waals surface area contributed by atoms with Gasteiger partial charge in [-0.3, -0.25) is 14.4 Å². The van der Waals surface area contributed by atoms with Crippen molar-refractivity contribution in [1.29, 1.82) is 0 Å². The second-order valence-electron chi connectivity index (χ2n) is 6.71. The first-order chi connectivity index (χ1) is 11.7. The number of benzene rings is 1. The molecule has 7 heteroatoms. The normalized spacial score (nSPS) is 25.9. The number of imide groups is 1. The van der Waals surface area contributed by atoms with Crippen LogP contribution in [0, 0.1) is 18.8 Å². The molecule has 1 saturated heterocycles. The van der Waals surface area contributed by atoms with Crippen molar-refractivity contribution in [2.24, 2.45) is 11.8 Å². The summed E-state index contributed by atoms with van der Waals surface area (Å²) in [5, 5.41) is 0. The van der Waals surface area contributed by atoms with Gasteiger partial charge < -0.3 is 0 Å². The van der Waals surface area contributed by atoms with Crippen LogP contribution in [0.2, 0.25) is 0 Å². The van der Waals surface area contributed by atoms with E-state index in [1.165, 1.54) is 19.1 Å². The number of anilines is 1. The molecule has 0 N–H and O–H groups in total. The van der Waals surface area contributed by atoms with Gasteiger partial charge in [0.05, 0.1) is 17.2 Å².